The lowest BCUT2D eigenvalue weighted by molar-refractivity contribution is 0.102. The summed E-state index contributed by atoms with van der Waals surface area (Å²) in [5.74, 6) is -0.231. The van der Waals surface area contributed by atoms with Crippen molar-refractivity contribution < 1.29 is 4.79 Å². The third-order valence-electron chi connectivity index (χ3n) is 4.10. The Hall–Kier alpha value is -2.40. The van der Waals surface area contributed by atoms with Gasteiger partial charge in [0.15, 0.2) is 0 Å². The van der Waals surface area contributed by atoms with Crippen molar-refractivity contribution in [1.82, 2.24) is 4.98 Å². The van der Waals surface area contributed by atoms with Crippen molar-refractivity contribution in [2.45, 2.75) is 6.92 Å². The summed E-state index contributed by atoms with van der Waals surface area (Å²) in [4.78, 5) is 17.4. The Balaban J connectivity index is 1.79. The first-order valence-corrected chi connectivity index (χ1v) is 9.81. The van der Waals surface area contributed by atoms with E-state index in [0.717, 1.165) is 20.8 Å². The summed E-state index contributed by atoms with van der Waals surface area (Å²) >= 11 is 14.2. The molecule has 4 aromatic rings. The SMILES string of the molecule is Cc1cccc(C(=O)Nc2c(Cl)cc(Cl)cc2-c2nc3ccccc3s2)c1. The summed E-state index contributed by atoms with van der Waals surface area (Å²) in [6, 6.07) is 18.6. The molecule has 0 bridgehead atoms. The molecule has 3 aromatic carbocycles. The zero-order valence-electron chi connectivity index (χ0n) is 14.3. The average molecular weight is 413 g/mol. The lowest BCUT2D eigenvalue weighted by Crippen LogP contribution is -2.13. The van der Waals surface area contributed by atoms with Crippen LogP contribution in [0.2, 0.25) is 10.0 Å². The van der Waals surface area contributed by atoms with Gasteiger partial charge in [-0.25, -0.2) is 4.98 Å². The molecule has 1 N–H and O–H groups in total. The number of nitrogens with zero attached hydrogens (tertiary/aromatic N) is 1. The van der Waals surface area contributed by atoms with E-state index in [1.165, 1.54) is 11.3 Å². The van der Waals surface area contributed by atoms with Gasteiger partial charge in [0.05, 0.1) is 20.9 Å². The minimum atomic E-state index is -0.231. The number of carbonyl (C=O) groups excluding carboxylic acids is 1. The zero-order chi connectivity index (χ0) is 19.0. The van der Waals surface area contributed by atoms with Crippen molar-refractivity contribution in [2.75, 3.05) is 5.32 Å². The summed E-state index contributed by atoms with van der Waals surface area (Å²) in [7, 11) is 0. The summed E-state index contributed by atoms with van der Waals surface area (Å²) in [5, 5.41) is 4.54. The Morgan fingerprint density at radius 1 is 1.04 bits per heavy atom. The smallest absolute Gasteiger partial charge is 0.255 e. The number of nitrogens with one attached hydrogen (secondary N) is 1. The van der Waals surface area contributed by atoms with Gasteiger partial charge in [0.1, 0.15) is 5.01 Å². The molecule has 0 unspecified atom stereocenters. The molecule has 6 heteroatoms. The Bertz CT molecular complexity index is 1140. The molecular formula is C21H14Cl2N2OS. The molecule has 1 heterocycles. The van der Waals surface area contributed by atoms with Crippen LogP contribution in [-0.4, -0.2) is 10.9 Å². The number of anilines is 1. The van der Waals surface area contributed by atoms with Crippen molar-refractivity contribution in [3.63, 3.8) is 0 Å². The van der Waals surface area contributed by atoms with Crippen LogP contribution in [0.15, 0.2) is 60.7 Å². The Labute approximate surface area is 170 Å². The van der Waals surface area contributed by atoms with Crippen LogP contribution in [0, 0.1) is 6.92 Å². The molecule has 0 fully saturated rings. The molecular weight excluding hydrogens is 399 g/mol. The summed E-state index contributed by atoms with van der Waals surface area (Å²) in [5.41, 5.74) is 3.68. The molecule has 0 spiro atoms. The topological polar surface area (TPSA) is 42.0 Å². The number of thiazole rings is 1. The van der Waals surface area contributed by atoms with Crippen molar-refractivity contribution in [2.24, 2.45) is 0 Å². The molecule has 0 aliphatic rings. The standard InChI is InChI=1S/C21H14Cl2N2OS/c1-12-5-4-6-13(9-12)20(26)25-19-15(10-14(22)11-16(19)23)21-24-17-7-2-3-8-18(17)27-21/h2-11H,1H3,(H,25,26). The number of benzene rings is 3. The highest BCUT2D eigenvalue weighted by Gasteiger charge is 2.18. The Kier molecular flexibility index (Phi) is 4.87. The number of para-hydroxylation sites is 1. The normalized spacial score (nSPS) is 10.9. The van der Waals surface area contributed by atoms with Gasteiger partial charge in [-0.15, -0.1) is 11.3 Å². The van der Waals surface area contributed by atoms with Gasteiger partial charge in [-0.1, -0.05) is 53.0 Å². The first kappa shape index (κ1) is 18.0. The highest BCUT2D eigenvalue weighted by atomic mass is 35.5. The van der Waals surface area contributed by atoms with Crippen LogP contribution in [0.5, 0.6) is 0 Å². The van der Waals surface area contributed by atoms with Gasteiger partial charge in [0, 0.05) is 16.1 Å². The molecule has 0 atom stereocenters. The second-order valence-corrected chi connectivity index (χ2v) is 7.99. The maximum absolute atomic E-state index is 12.7. The van der Waals surface area contributed by atoms with Gasteiger partial charge >= 0.3 is 0 Å². The van der Waals surface area contributed by atoms with E-state index in [9.17, 15) is 4.79 Å². The summed E-state index contributed by atoms with van der Waals surface area (Å²) in [6.45, 7) is 1.94. The first-order valence-electron chi connectivity index (χ1n) is 8.24. The minimum absolute atomic E-state index is 0.231. The molecule has 4 rings (SSSR count). The molecule has 1 amide bonds. The number of amides is 1. The van der Waals surface area contributed by atoms with E-state index in [-0.39, 0.29) is 5.91 Å². The molecule has 134 valence electrons. The molecule has 27 heavy (non-hydrogen) atoms. The quantitative estimate of drug-likeness (QED) is 0.400. The zero-order valence-corrected chi connectivity index (χ0v) is 16.6. The van der Waals surface area contributed by atoms with Gasteiger partial charge < -0.3 is 5.32 Å². The van der Waals surface area contributed by atoms with Crippen molar-refractivity contribution in [1.29, 1.82) is 0 Å². The predicted molar refractivity (Wildman–Crippen MR) is 114 cm³/mol. The maximum atomic E-state index is 12.7. The fourth-order valence-corrected chi connectivity index (χ4v) is 4.36. The molecule has 0 saturated heterocycles. The van der Waals surface area contributed by atoms with Crippen molar-refractivity contribution in [3.05, 3.63) is 81.8 Å². The molecule has 0 saturated carbocycles. The molecule has 0 radical (unpaired) electrons. The highest BCUT2D eigenvalue weighted by molar-refractivity contribution is 7.21. The second kappa shape index (κ2) is 7.31. The van der Waals surface area contributed by atoms with Gasteiger partial charge in [0.2, 0.25) is 0 Å². The number of aryl methyl sites for hydroxylation is 1. The number of carbonyl (C=O) groups is 1. The summed E-state index contributed by atoms with van der Waals surface area (Å²) < 4.78 is 1.06. The van der Waals surface area contributed by atoms with Crippen LogP contribution < -0.4 is 5.32 Å². The van der Waals surface area contributed by atoms with Gasteiger partial charge in [0.25, 0.3) is 5.91 Å². The molecule has 0 aliphatic carbocycles. The van der Waals surface area contributed by atoms with E-state index in [0.29, 0.717) is 26.9 Å². The lowest BCUT2D eigenvalue weighted by atomic mass is 10.1. The van der Waals surface area contributed by atoms with Crippen LogP contribution in [0.1, 0.15) is 15.9 Å². The molecule has 0 aliphatic heterocycles. The van der Waals surface area contributed by atoms with Crippen molar-refractivity contribution in [3.8, 4) is 10.6 Å². The fourth-order valence-electron chi connectivity index (χ4n) is 2.83. The monoisotopic (exact) mass is 412 g/mol. The van der Waals surface area contributed by atoms with E-state index in [1.807, 2.05) is 49.4 Å². The third kappa shape index (κ3) is 3.69. The van der Waals surface area contributed by atoms with E-state index in [4.69, 9.17) is 23.2 Å². The van der Waals surface area contributed by atoms with Crippen LogP contribution in [0.4, 0.5) is 5.69 Å². The second-order valence-electron chi connectivity index (χ2n) is 6.12. The number of hydrogen-bond donors (Lipinski definition) is 1. The Morgan fingerprint density at radius 3 is 2.63 bits per heavy atom. The first-order chi connectivity index (χ1) is 13.0. The molecule has 1 aromatic heterocycles. The van der Waals surface area contributed by atoms with Crippen molar-refractivity contribution >= 4 is 56.3 Å². The van der Waals surface area contributed by atoms with Crippen LogP contribution in [0.25, 0.3) is 20.8 Å². The number of aromatic nitrogens is 1. The Morgan fingerprint density at radius 2 is 1.85 bits per heavy atom. The minimum Gasteiger partial charge on any atom is -0.320 e. The lowest BCUT2D eigenvalue weighted by Gasteiger charge is -2.12. The maximum Gasteiger partial charge on any atom is 0.255 e. The van der Waals surface area contributed by atoms with Crippen LogP contribution >= 0.6 is 34.5 Å². The van der Waals surface area contributed by atoms with E-state index >= 15 is 0 Å². The molecule has 3 nitrogen and oxygen atoms in total. The van der Waals surface area contributed by atoms with Gasteiger partial charge in [-0.05, 0) is 43.3 Å². The number of fused-ring (bicyclic) bond motifs is 1. The largest absolute Gasteiger partial charge is 0.320 e. The number of hydrogen-bond acceptors (Lipinski definition) is 3. The van der Waals surface area contributed by atoms with Gasteiger partial charge in [-0.3, -0.25) is 4.79 Å². The van der Waals surface area contributed by atoms with E-state index < -0.39 is 0 Å². The highest BCUT2D eigenvalue weighted by Crippen LogP contribution is 2.40. The van der Waals surface area contributed by atoms with Crippen LogP contribution in [0.3, 0.4) is 0 Å². The average Bonchev–Trinajstić information content (AvgIpc) is 3.07. The fraction of sp³-hybridized carbons (Fsp3) is 0.0476. The van der Waals surface area contributed by atoms with Gasteiger partial charge in [-0.2, -0.15) is 0 Å². The third-order valence-corrected chi connectivity index (χ3v) is 5.68. The van der Waals surface area contributed by atoms with E-state index in [1.54, 1.807) is 18.2 Å². The predicted octanol–water partition coefficient (Wildman–Crippen LogP) is 6.83. The number of rotatable bonds is 3. The van der Waals surface area contributed by atoms with Crippen LogP contribution in [-0.2, 0) is 0 Å². The number of halogens is 2. The van der Waals surface area contributed by atoms with E-state index in [2.05, 4.69) is 10.3 Å². The summed E-state index contributed by atoms with van der Waals surface area (Å²) in [6.07, 6.45) is 0.